The molecular formula is C19H27N5O3. The Morgan fingerprint density at radius 2 is 1.93 bits per heavy atom. The van der Waals surface area contributed by atoms with E-state index in [0.717, 1.165) is 26.1 Å². The van der Waals surface area contributed by atoms with E-state index in [1.807, 2.05) is 6.92 Å². The van der Waals surface area contributed by atoms with Crippen LogP contribution in [0, 0.1) is 5.92 Å². The summed E-state index contributed by atoms with van der Waals surface area (Å²) in [6, 6.07) is 1.55. The maximum absolute atomic E-state index is 12.8. The second-order valence-corrected chi connectivity index (χ2v) is 7.49. The van der Waals surface area contributed by atoms with Gasteiger partial charge in [-0.15, -0.1) is 0 Å². The SMILES string of the molecule is CCCn1c(=O)[nH]c(=O)c2cc(C(=O)N3CCN(CC(C)C)CC3)cnc21. The second-order valence-electron chi connectivity index (χ2n) is 7.49. The zero-order valence-corrected chi connectivity index (χ0v) is 16.2. The number of piperazine rings is 1. The maximum Gasteiger partial charge on any atom is 0.329 e. The largest absolute Gasteiger partial charge is 0.336 e. The summed E-state index contributed by atoms with van der Waals surface area (Å²) in [6.45, 7) is 10.8. The van der Waals surface area contributed by atoms with Crippen molar-refractivity contribution in [2.45, 2.75) is 33.7 Å². The van der Waals surface area contributed by atoms with Crippen molar-refractivity contribution in [3.8, 4) is 0 Å². The fraction of sp³-hybridized carbons (Fsp3) is 0.579. The van der Waals surface area contributed by atoms with Crippen molar-refractivity contribution < 1.29 is 4.79 Å². The number of aromatic amines is 1. The van der Waals surface area contributed by atoms with Crippen LogP contribution in [0.2, 0.25) is 0 Å². The van der Waals surface area contributed by atoms with Crippen LogP contribution in [0.3, 0.4) is 0 Å². The highest BCUT2D eigenvalue weighted by Crippen LogP contribution is 2.13. The van der Waals surface area contributed by atoms with Crippen LogP contribution < -0.4 is 11.2 Å². The van der Waals surface area contributed by atoms with Crippen molar-refractivity contribution >= 4 is 16.9 Å². The van der Waals surface area contributed by atoms with E-state index in [0.29, 0.717) is 36.8 Å². The highest BCUT2D eigenvalue weighted by molar-refractivity contribution is 5.96. The molecule has 0 radical (unpaired) electrons. The summed E-state index contributed by atoms with van der Waals surface area (Å²) < 4.78 is 1.44. The molecule has 0 bridgehead atoms. The van der Waals surface area contributed by atoms with Gasteiger partial charge in [0.25, 0.3) is 11.5 Å². The fourth-order valence-corrected chi connectivity index (χ4v) is 3.55. The molecule has 0 aliphatic carbocycles. The number of carbonyl (C=O) groups excluding carboxylic acids is 1. The minimum absolute atomic E-state index is 0.124. The third kappa shape index (κ3) is 4.10. The molecule has 146 valence electrons. The van der Waals surface area contributed by atoms with E-state index < -0.39 is 11.2 Å². The molecule has 3 heterocycles. The van der Waals surface area contributed by atoms with E-state index in [1.165, 1.54) is 10.8 Å². The number of amides is 1. The van der Waals surface area contributed by atoms with Gasteiger partial charge in [0.2, 0.25) is 0 Å². The molecule has 0 spiro atoms. The molecule has 1 saturated heterocycles. The third-order valence-corrected chi connectivity index (χ3v) is 4.81. The van der Waals surface area contributed by atoms with Gasteiger partial charge in [0.05, 0.1) is 10.9 Å². The lowest BCUT2D eigenvalue weighted by Gasteiger charge is -2.35. The Morgan fingerprint density at radius 1 is 1.22 bits per heavy atom. The van der Waals surface area contributed by atoms with Gasteiger partial charge in [-0.2, -0.15) is 0 Å². The van der Waals surface area contributed by atoms with Gasteiger partial charge in [0, 0.05) is 45.5 Å². The molecule has 1 aliphatic rings. The molecule has 3 rings (SSSR count). The number of carbonyl (C=O) groups is 1. The molecule has 0 unspecified atom stereocenters. The van der Waals surface area contributed by atoms with E-state index in [-0.39, 0.29) is 11.3 Å². The lowest BCUT2D eigenvalue weighted by atomic mass is 10.1. The summed E-state index contributed by atoms with van der Waals surface area (Å²) in [5, 5.41) is 0.271. The summed E-state index contributed by atoms with van der Waals surface area (Å²) >= 11 is 0. The number of nitrogens with one attached hydrogen (secondary N) is 1. The van der Waals surface area contributed by atoms with Crippen LogP contribution in [0.25, 0.3) is 11.0 Å². The number of aromatic nitrogens is 3. The zero-order valence-electron chi connectivity index (χ0n) is 16.2. The highest BCUT2D eigenvalue weighted by Gasteiger charge is 2.23. The first-order valence-electron chi connectivity index (χ1n) is 9.55. The standard InChI is InChI=1S/C19H27N5O3/c1-4-5-24-16-15(17(25)21-19(24)27)10-14(11-20-16)18(26)23-8-6-22(7-9-23)12-13(2)3/h10-11,13H,4-9,12H2,1-3H3,(H,21,25,27). The van der Waals surface area contributed by atoms with Crippen molar-refractivity contribution in [2.24, 2.45) is 5.92 Å². The predicted octanol–water partition coefficient (Wildman–Crippen LogP) is 0.909. The number of hydrogen-bond acceptors (Lipinski definition) is 5. The minimum Gasteiger partial charge on any atom is -0.336 e. The van der Waals surface area contributed by atoms with Gasteiger partial charge < -0.3 is 4.90 Å². The molecule has 0 saturated carbocycles. The first-order valence-corrected chi connectivity index (χ1v) is 9.55. The Kier molecular flexibility index (Phi) is 5.74. The van der Waals surface area contributed by atoms with E-state index in [1.54, 1.807) is 11.0 Å². The lowest BCUT2D eigenvalue weighted by Crippen LogP contribution is -2.49. The van der Waals surface area contributed by atoms with Gasteiger partial charge in [-0.05, 0) is 18.4 Å². The Bertz CT molecular complexity index is 938. The Labute approximate surface area is 157 Å². The number of nitrogens with zero attached hydrogens (tertiary/aromatic N) is 4. The molecule has 1 fully saturated rings. The quantitative estimate of drug-likeness (QED) is 0.841. The molecule has 27 heavy (non-hydrogen) atoms. The van der Waals surface area contributed by atoms with Gasteiger partial charge >= 0.3 is 5.69 Å². The predicted molar refractivity (Wildman–Crippen MR) is 104 cm³/mol. The van der Waals surface area contributed by atoms with Crippen LogP contribution in [0.4, 0.5) is 0 Å². The molecule has 1 N–H and O–H groups in total. The second kappa shape index (κ2) is 8.04. The smallest absolute Gasteiger partial charge is 0.329 e. The molecule has 1 amide bonds. The molecule has 2 aromatic heterocycles. The highest BCUT2D eigenvalue weighted by atomic mass is 16.2. The number of pyridine rings is 1. The van der Waals surface area contributed by atoms with Crippen LogP contribution in [0.5, 0.6) is 0 Å². The summed E-state index contributed by atoms with van der Waals surface area (Å²) in [5.74, 6) is 0.477. The third-order valence-electron chi connectivity index (χ3n) is 4.81. The first kappa shape index (κ1) is 19.3. The molecule has 0 aromatic carbocycles. The molecule has 2 aromatic rings. The number of hydrogen-bond donors (Lipinski definition) is 1. The van der Waals surface area contributed by atoms with E-state index in [2.05, 4.69) is 28.7 Å². The van der Waals surface area contributed by atoms with Crippen LogP contribution in [-0.2, 0) is 6.54 Å². The maximum atomic E-state index is 12.8. The molecule has 1 aliphatic heterocycles. The van der Waals surface area contributed by atoms with Crippen molar-refractivity contribution in [1.82, 2.24) is 24.3 Å². The lowest BCUT2D eigenvalue weighted by molar-refractivity contribution is 0.0623. The van der Waals surface area contributed by atoms with Gasteiger partial charge in [-0.25, -0.2) is 9.78 Å². The van der Waals surface area contributed by atoms with Crippen LogP contribution >= 0.6 is 0 Å². The zero-order chi connectivity index (χ0) is 19.6. The van der Waals surface area contributed by atoms with E-state index >= 15 is 0 Å². The molecule has 0 atom stereocenters. The van der Waals surface area contributed by atoms with Gasteiger partial charge in [0.15, 0.2) is 0 Å². The summed E-state index contributed by atoms with van der Waals surface area (Å²) in [6.07, 6.45) is 2.21. The topological polar surface area (TPSA) is 91.3 Å². The van der Waals surface area contributed by atoms with Crippen molar-refractivity contribution in [1.29, 1.82) is 0 Å². The Hall–Kier alpha value is -2.48. The minimum atomic E-state index is -0.508. The first-order chi connectivity index (χ1) is 12.9. The van der Waals surface area contributed by atoms with E-state index in [4.69, 9.17) is 0 Å². The van der Waals surface area contributed by atoms with Gasteiger partial charge in [-0.1, -0.05) is 20.8 Å². The monoisotopic (exact) mass is 373 g/mol. The summed E-state index contributed by atoms with van der Waals surface area (Å²) in [5.41, 5.74) is -0.274. The fourth-order valence-electron chi connectivity index (χ4n) is 3.55. The number of aryl methyl sites for hydroxylation is 1. The molecule has 8 heteroatoms. The molecule has 8 nitrogen and oxygen atoms in total. The van der Waals surface area contributed by atoms with Crippen LogP contribution in [0.15, 0.2) is 21.9 Å². The average Bonchev–Trinajstić information content (AvgIpc) is 2.64. The normalized spacial score (nSPS) is 15.6. The molecular weight excluding hydrogens is 346 g/mol. The van der Waals surface area contributed by atoms with E-state index in [9.17, 15) is 14.4 Å². The van der Waals surface area contributed by atoms with Crippen molar-refractivity contribution in [3.63, 3.8) is 0 Å². The number of rotatable bonds is 5. The summed E-state index contributed by atoms with van der Waals surface area (Å²) in [4.78, 5) is 47.8. The average molecular weight is 373 g/mol. The summed E-state index contributed by atoms with van der Waals surface area (Å²) in [7, 11) is 0. The van der Waals surface area contributed by atoms with Gasteiger partial charge in [0.1, 0.15) is 5.65 Å². The van der Waals surface area contributed by atoms with Gasteiger partial charge in [-0.3, -0.25) is 24.0 Å². The Morgan fingerprint density at radius 3 is 2.56 bits per heavy atom. The van der Waals surface area contributed by atoms with Crippen LogP contribution in [-0.4, -0.2) is 63.0 Å². The Balaban J connectivity index is 1.84. The number of fused-ring (bicyclic) bond motifs is 1. The van der Waals surface area contributed by atoms with Crippen molar-refractivity contribution in [3.05, 3.63) is 38.7 Å². The number of H-pyrrole nitrogens is 1. The van der Waals surface area contributed by atoms with Crippen LogP contribution in [0.1, 0.15) is 37.6 Å². The van der Waals surface area contributed by atoms with Crippen molar-refractivity contribution in [2.75, 3.05) is 32.7 Å².